The fraction of sp³-hybridized carbons (Fsp3) is 0.150. The van der Waals surface area contributed by atoms with Gasteiger partial charge >= 0.3 is 0 Å². The van der Waals surface area contributed by atoms with Crippen LogP contribution in [0.3, 0.4) is 0 Å². The molecule has 3 aromatic rings. The van der Waals surface area contributed by atoms with Gasteiger partial charge in [-0.2, -0.15) is 0 Å². The van der Waals surface area contributed by atoms with Crippen molar-refractivity contribution in [1.82, 2.24) is 9.97 Å². The van der Waals surface area contributed by atoms with E-state index in [4.69, 9.17) is 11.6 Å². The molecule has 1 amide bonds. The second kappa shape index (κ2) is 8.45. The zero-order valence-electron chi connectivity index (χ0n) is 14.4. The van der Waals surface area contributed by atoms with E-state index >= 15 is 0 Å². The summed E-state index contributed by atoms with van der Waals surface area (Å²) in [7, 11) is 0. The van der Waals surface area contributed by atoms with Crippen LogP contribution in [0.4, 0.5) is 11.5 Å². The number of benzene rings is 2. The molecule has 26 heavy (non-hydrogen) atoms. The van der Waals surface area contributed by atoms with Gasteiger partial charge in [-0.15, -0.1) is 0 Å². The first-order valence-electron chi connectivity index (χ1n) is 8.28. The van der Waals surface area contributed by atoms with Crippen LogP contribution in [0.5, 0.6) is 0 Å². The molecule has 1 heterocycles. The normalized spacial score (nSPS) is 10.4. The standard InChI is InChI=1S/C20H19ClN4O/c1-14-2-8-17(9-3-14)25-20(26)18-12-24-19(13-23-18)22-11-10-15-4-6-16(21)7-5-15/h2-9,12-13H,10-11H2,1H3,(H,22,24)(H,25,26). The van der Waals surface area contributed by atoms with Crippen LogP contribution in [0.25, 0.3) is 0 Å². The molecule has 2 N–H and O–H groups in total. The van der Waals surface area contributed by atoms with Crippen molar-refractivity contribution in [1.29, 1.82) is 0 Å². The van der Waals surface area contributed by atoms with Crippen LogP contribution in [0.15, 0.2) is 60.9 Å². The summed E-state index contributed by atoms with van der Waals surface area (Å²) in [6, 6.07) is 15.3. The average Bonchev–Trinajstić information content (AvgIpc) is 2.66. The summed E-state index contributed by atoms with van der Waals surface area (Å²) >= 11 is 5.87. The summed E-state index contributed by atoms with van der Waals surface area (Å²) in [6.45, 7) is 2.71. The Balaban J connectivity index is 1.51. The molecule has 0 bridgehead atoms. The maximum Gasteiger partial charge on any atom is 0.275 e. The molecule has 3 rings (SSSR count). The molecule has 0 saturated carbocycles. The Morgan fingerprint density at radius 1 is 1.00 bits per heavy atom. The maximum absolute atomic E-state index is 12.2. The third kappa shape index (κ3) is 5.04. The van der Waals surface area contributed by atoms with E-state index in [1.807, 2.05) is 55.5 Å². The van der Waals surface area contributed by atoms with E-state index in [2.05, 4.69) is 20.6 Å². The molecule has 0 aliphatic heterocycles. The van der Waals surface area contributed by atoms with Gasteiger partial charge in [0.1, 0.15) is 11.5 Å². The van der Waals surface area contributed by atoms with Crippen molar-refractivity contribution >= 4 is 29.0 Å². The van der Waals surface area contributed by atoms with Gasteiger partial charge in [0.15, 0.2) is 0 Å². The smallest absolute Gasteiger partial charge is 0.275 e. The molecule has 0 spiro atoms. The second-order valence-corrected chi connectivity index (χ2v) is 6.35. The van der Waals surface area contributed by atoms with E-state index < -0.39 is 0 Å². The predicted octanol–water partition coefficient (Wildman–Crippen LogP) is 4.35. The highest BCUT2D eigenvalue weighted by Gasteiger charge is 2.08. The largest absolute Gasteiger partial charge is 0.368 e. The lowest BCUT2D eigenvalue weighted by Gasteiger charge is -2.07. The van der Waals surface area contributed by atoms with Crippen molar-refractivity contribution in [2.75, 3.05) is 17.2 Å². The number of carbonyl (C=O) groups is 1. The number of hydrogen-bond acceptors (Lipinski definition) is 4. The van der Waals surface area contributed by atoms with Gasteiger partial charge in [0.2, 0.25) is 0 Å². The Bertz CT molecular complexity index is 862. The summed E-state index contributed by atoms with van der Waals surface area (Å²) in [5, 5.41) is 6.72. The molecule has 0 atom stereocenters. The van der Waals surface area contributed by atoms with Gasteiger partial charge in [0.05, 0.1) is 12.4 Å². The van der Waals surface area contributed by atoms with Gasteiger partial charge in [0.25, 0.3) is 5.91 Å². The minimum Gasteiger partial charge on any atom is -0.368 e. The molecule has 6 heteroatoms. The van der Waals surface area contributed by atoms with Crippen molar-refractivity contribution < 1.29 is 4.79 Å². The van der Waals surface area contributed by atoms with Crippen LogP contribution in [-0.4, -0.2) is 22.4 Å². The molecule has 0 radical (unpaired) electrons. The number of amides is 1. The third-order valence-electron chi connectivity index (χ3n) is 3.83. The lowest BCUT2D eigenvalue weighted by Crippen LogP contribution is -2.15. The van der Waals surface area contributed by atoms with Crippen LogP contribution in [-0.2, 0) is 6.42 Å². The van der Waals surface area contributed by atoms with Crippen LogP contribution in [0.2, 0.25) is 5.02 Å². The molecule has 1 aromatic heterocycles. The first kappa shape index (κ1) is 17.9. The number of nitrogens with zero attached hydrogens (tertiary/aromatic N) is 2. The van der Waals surface area contributed by atoms with Crippen LogP contribution >= 0.6 is 11.6 Å². The average molecular weight is 367 g/mol. The van der Waals surface area contributed by atoms with Gasteiger partial charge in [-0.25, -0.2) is 9.97 Å². The number of carbonyl (C=O) groups excluding carboxylic acids is 1. The zero-order valence-corrected chi connectivity index (χ0v) is 15.1. The number of aromatic nitrogens is 2. The predicted molar refractivity (Wildman–Crippen MR) is 105 cm³/mol. The van der Waals surface area contributed by atoms with Gasteiger partial charge in [0, 0.05) is 17.3 Å². The van der Waals surface area contributed by atoms with Gasteiger partial charge < -0.3 is 10.6 Å². The highest BCUT2D eigenvalue weighted by Crippen LogP contribution is 2.11. The third-order valence-corrected chi connectivity index (χ3v) is 4.08. The minimum atomic E-state index is -0.283. The van der Waals surface area contributed by atoms with Crippen LogP contribution < -0.4 is 10.6 Å². The molecule has 0 aliphatic carbocycles. The molecule has 0 fully saturated rings. The fourth-order valence-electron chi connectivity index (χ4n) is 2.35. The van der Waals surface area contributed by atoms with Crippen molar-refractivity contribution in [3.05, 3.63) is 82.8 Å². The fourth-order valence-corrected chi connectivity index (χ4v) is 2.48. The molecular weight excluding hydrogens is 348 g/mol. The summed E-state index contributed by atoms with van der Waals surface area (Å²) in [5.41, 5.74) is 3.32. The molecule has 0 unspecified atom stereocenters. The van der Waals surface area contributed by atoms with E-state index in [0.717, 1.165) is 22.7 Å². The summed E-state index contributed by atoms with van der Waals surface area (Å²) in [6.07, 6.45) is 3.87. The highest BCUT2D eigenvalue weighted by atomic mass is 35.5. The van der Waals surface area contributed by atoms with Gasteiger partial charge in [-0.1, -0.05) is 41.4 Å². The Labute approximate surface area is 157 Å². The summed E-state index contributed by atoms with van der Waals surface area (Å²) < 4.78 is 0. The number of nitrogens with one attached hydrogen (secondary N) is 2. The lowest BCUT2D eigenvalue weighted by atomic mass is 10.1. The Kier molecular flexibility index (Phi) is 5.81. The number of anilines is 2. The molecule has 0 saturated heterocycles. The molecule has 2 aromatic carbocycles. The Morgan fingerprint density at radius 2 is 1.73 bits per heavy atom. The summed E-state index contributed by atoms with van der Waals surface area (Å²) in [4.78, 5) is 20.6. The van der Waals surface area contributed by atoms with E-state index in [1.54, 1.807) is 6.20 Å². The summed E-state index contributed by atoms with van der Waals surface area (Å²) in [5.74, 6) is 0.347. The van der Waals surface area contributed by atoms with Crippen LogP contribution in [0.1, 0.15) is 21.6 Å². The van der Waals surface area contributed by atoms with Crippen molar-refractivity contribution in [3.8, 4) is 0 Å². The molecule has 0 aliphatic rings. The van der Waals surface area contributed by atoms with E-state index in [-0.39, 0.29) is 11.6 Å². The monoisotopic (exact) mass is 366 g/mol. The van der Waals surface area contributed by atoms with Crippen molar-refractivity contribution in [3.63, 3.8) is 0 Å². The molecule has 5 nitrogen and oxygen atoms in total. The van der Waals surface area contributed by atoms with Crippen molar-refractivity contribution in [2.24, 2.45) is 0 Å². The van der Waals surface area contributed by atoms with E-state index in [9.17, 15) is 4.79 Å². The van der Waals surface area contributed by atoms with Gasteiger partial charge in [-0.3, -0.25) is 4.79 Å². The lowest BCUT2D eigenvalue weighted by molar-refractivity contribution is 0.102. The van der Waals surface area contributed by atoms with E-state index in [1.165, 1.54) is 11.8 Å². The number of aryl methyl sites for hydroxylation is 1. The Morgan fingerprint density at radius 3 is 2.38 bits per heavy atom. The minimum absolute atomic E-state index is 0.272. The zero-order chi connectivity index (χ0) is 18.4. The topological polar surface area (TPSA) is 66.9 Å². The second-order valence-electron chi connectivity index (χ2n) is 5.91. The Hall–Kier alpha value is -2.92. The van der Waals surface area contributed by atoms with E-state index in [0.29, 0.717) is 12.4 Å². The molecule has 132 valence electrons. The van der Waals surface area contributed by atoms with Crippen molar-refractivity contribution in [2.45, 2.75) is 13.3 Å². The van der Waals surface area contributed by atoms with Gasteiger partial charge in [-0.05, 0) is 43.2 Å². The first-order chi connectivity index (χ1) is 12.6. The quantitative estimate of drug-likeness (QED) is 0.680. The van der Waals surface area contributed by atoms with Crippen LogP contribution in [0, 0.1) is 6.92 Å². The number of halogens is 1. The number of rotatable bonds is 6. The highest BCUT2D eigenvalue weighted by molar-refractivity contribution is 6.30. The first-order valence-corrected chi connectivity index (χ1v) is 8.66. The number of hydrogen-bond donors (Lipinski definition) is 2. The maximum atomic E-state index is 12.2. The molecular formula is C20H19ClN4O. The SMILES string of the molecule is Cc1ccc(NC(=O)c2cnc(NCCc3ccc(Cl)cc3)cn2)cc1.